The van der Waals surface area contributed by atoms with Crippen molar-refractivity contribution >= 4 is 17.9 Å². The monoisotopic (exact) mass is 903 g/mol. The Morgan fingerprint density at radius 3 is 0.781 bits per heavy atom. The first-order chi connectivity index (χ1) is 31.5. The second-order valence-corrected chi connectivity index (χ2v) is 19.6. The largest absolute Gasteiger partial charge is 0.462 e. The first-order valence-corrected chi connectivity index (χ1v) is 28.7. The first kappa shape index (κ1) is 62.1. The molecule has 6 heteroatoms. The van der Waals surface area contributed by atoms with Gasteiger partial charge in [0, 0.05) is 19.3 Å². The van der Waals surface area contributed by atoms with Crippen LogP contribution < -0.4 is 0 Å². The maximum Gasteiger partial charge on any atom is 0.306 e. The maximum atomic E-state index is 12.6. The third-order valence-corrected chi connectivity index (χ3v) is 13.0. The van der Waals surface area contributed by atoms with E-state index in [2.05, 4.69) is 32.9 Å². The van der Waals surface area contributed by atoms with E-state index in [0.717, 1.165) is 64.2 Å². The lowest BCUT2D eigenvalue weighted by Gasteiger charge is -2.18. The van der Waals surface area contributed by atoms with Crippen LogP contribution in [0.5, 0.6) is 0 Å². The number of hydrogen-bond donors (Lipinski definition) is 0. The zero-order chi connectivity index (χ0) is 46.5. The topological polar surface area (TPSA) is 78.9 Å². The van der Waals surface area contributed by atoms with E-state index in [1.54, 1.807) is 0 Å². The highest BCUT2D eigenvalue weighted by atomic mass is 16.6. The lowest BCUT2D eigenvalue weighted by atomic mass is 10.0. The molecule has 0 aliphatic heterocycles. The van der Waals surface area contributed by atoms with Crippen LogP contribution in [0.1, 0.15) is 323 Å². The van der Waals surface area contributed by atoms with Crippen LogP contribution in [0.2, 0.25) is 0 Å². The highest BCUT2D eigenvalue weighted by molar-refractivity contribution is 5.71. The number of unbranched alkanes of at least 4 members (excludes halogenated alkanes) is 40. The summed E-state index contributed by atoms with van der Waals surface area (Å²) in [4.78, 5) is 37.5. The van der Waals surface area contributed by atoms with Crippen molar-refractivity contribution in [2.24, 2.45) is 0 Å². The molecule has 0 aliphatic carbocycles. The molecular formula is C58H110O6. The molecular weight excluding hydrogens is 793 g/mol. The van der Waals surface area contributed by atoms with Crippen molar-refractivity contribution in [2.75, 3.05) is 13.2 Å². The molecule has 0 amide bonds. The molecule has 0 N–H and O–H groups in total. The molecule has 0 rings (SSSR count). The van der Waals surface area contributed by atoms with Gasteiger partial charge in [0.15, 0.2) is 6.10 Å². The van der Waals surface area contributed by atoms with Gasteiger partial charge in [0.1, 0.15) is 13.2 Å². The van der Waals surface area contributed by atoms with E-state index in [1.807, 2.05) is 0 Å². The fourth-order valence-electron chi connectivity index (χ4n) is 8.68. The smallest absolute Gasteiger partial charge is 0.306 e. The number of allylic oxidation sites excluding steroid dienone is 2. The van der Waals surface area contributed by atoms with Gasteiger partial charge >= 0.3 is 17.9 Å². The Morgan fingerprint density at radius 2 is 0.516 bits per heavy atom. The van der Waals surface area contributed by atoms with Gasteiger partial charge in [-0.1, -0.05) is 270 Å². The predicted octanol–water partition coefficient (Wildman–Crippen LogP) is 18.9. The number of esters is 3. The van der Waals surface area contributed by atoms with Crippen molar-refractivity contribution < 1.29 is 28.6 Å². The molecule has 378 valence electrons. The Hall–Kier alpha value is -1.85. The van der Waals surface area contributed by atoms with Crippen LogP contribution in [-0.4, -0.2) is 37.2 Å². The summed E-state index contributed by atoms with van der Waals surface area (Å²) in [5, 5.41) is 0. The molecule has 1 unspecified atom stereocenters. The van der Waals surface area contributed by atoms with E-state index in [9.17, 15) is 14.4 Å². The summed E-state index contributed by atoms with van der Waals surface area (Å²) in [5.74, 6) is -0.870. The van der Waals surface area contributed by atoms with E-state index in [-0.39, 0.29) is 31.1 Å². The van der Waals surface area contributed by atoms with Crippen molar-refractivity contribution in [3.05, 3.63) is 12.2 Å². The minimum absolute atomic E-state index is 0.0654. The van der Waals surface area contributed by atoms with Gasteiger partial charge in [-0.15, -0.1) is 0 Å². The molecule has 0 bridgehead atoms. The summed E-state index contributed by atoms with van der Waals surface area (Å²) in [5.41, 5.74) is 0. The van der Waals surface area contributed by atoms with Gasteiger partial charge in [0.2, 0.25) is 0 Å². The van der Waals surface area contributed by atoms with E-state index in [0.29, 0.717) is 19.3 Å². The average molecular weight is 904 g/mol. The number of carbonyl (C=O) groups is 3. The molecule has 1 atom stereocenters. The van der Waals surface area contributed by atoms with Gasteiger partial charge in [-0.2, -0.15) is 0 Å². The Labute approximate surface area is 399 Å². The fraction of sp³-hybridized carbons (Fsp3) is 0.914. The third-order valence-electron chi connectivity index (χ3n) is 13.0. The van der Waals surface area contributed by atoms with Crippen molar-refractivity contribution in [2.45, 2.75) is 329 Å². The Balaban J connectivity index is 3.75. The fourth-order valence-corrected chi connectivity index (χ4v) is 8.68. The Bertz CT molecular complexity index is 993. The zero-order valence-electron chi connectivity index (χ0n) is 43.3. The molecule has 0 radical (unpaired) electrons. The Kier molecular flexibility index (Phi) is 52.2. The minimum Gasteiger partial charge on any atom is -0.462 e. The second kappa shape index (κ2) is 53.8. The van der Waals surface area contributed by atoms with Gasteiger partial charge in [-0.3, -0.25) is 14.4 Å². The van der Waals surface area contributed by atoms with Gasteiger partial charge < -0.3 is 14.2 Å². The minimum atomic E-state index is -0.758. The molecule has 0 aromatic heterocycles. The van der Waals surface area contributed by atoms with Crippen LogP contribution in [0.3, 0.4) is 0 Å². The Morgan fingerprint density at radius 1 is 0.297 bits per heavy atom. The molecule has 0 spiro atoms. The molecule has 0 saturated heterocycles. The highest BCUT2D eigenvalue weighted by Gasteiger charge is 2.19. The second-order valence-electron chi connectivity index (χ2n) is 19.6. The highest BCUT2D eigenvalue weighted by Crippen LogP contribution is 2.17. The molecule has 0 heterocycles. The van der Waals surface area contributed by atoms with Crippen molar-refractivity contribution in [3.8, 4) is 0 Å². The van der Waals surface area contributed by atoms with Gasteiger partial charge in [0.05, 0.1) is 0 Å². The zero-order valence-corrected chi connectivity index (χ0v) is 43.3. The first-order valence-electron chi connectivity index (χ1n) is 28.7. The van der Waals surface area contributed by atoms with Crippen molar-refractivity contribution in [3.63, 3.8) is 0 Å². The number of hydrogen-bond acceptors (Lipinski definition) is 6. The third kappa shape index (κ3) is 51.1. The lowest BCUT2D eigenvalue weighted by Crippen LogP contribution is -2.30. The molecule has 0 fully saturated rings. The molecule has 6 nitrogen and oxygen atoms in total. The molecule has 0 aromatic carbocycles. The normalized spacial score (nSPS) is 12.0. The predicted molar refractivity (Wildman–Crippen MR) is 275 cm³/mol. The SMILES string of the molecule is CCCCCCCCCC/C=C\CCCCCCCCCCCCCCCCCCCCCCCC(=O)OCC(COC(=O)CCCCCCC)OC(=O)CCCCCCCCCC. The van der Waals surface area contributed by atoms with Crippen LogP contribution in [0, 0.1) is 0 Å². The molecule has 0 aromatic rings. The van der Waals surface area contributed by atoms with Crippen LogP contribution in [0.4, 0.5) is 0 Å². The number of ether oxygens (including phenoxy) is 3. The van der Waals surface area contributed by atoms with Gasteiger partial charge in [0.25, 0.3) is 0 Å². The van der Waals surface area contributed by atoms with Crippen molar-refractivity contribution in [1.82, 2.24) is 0 Å². The summed E-state index contributed by atoms with van der Waals surface area (Å²) in [6, 6.07) is 0. The molecule has 64 heavy (non-hydrogen) atoms. The van der Waals surface area contributed by atoms with Crippen LogP contribution in [-0.2, 0) is 28.6 Å². The van der Waals surface area contributed by atoms with Crippen LogP contribution in [0.15, 0.2) is 12.2 Å². The van der Waals surface area contributed by atoms with E-state index in [4.69, 9.17) is 14.2 Å². The lowest BCUT2D eigenvalue weighted by molar-refractivity contribution is -0.167. The van der Waals surface area contributed by atoms with Crippen molar-refractivity contribution in [1.29, 1.82) is 0 Å². The summed E-state index contributed by atoms with van der Waals surface area (Å²) in [7, 11) is 0. The quantitative estimate of drug-likeness (QED) is 0.0262. The van der Waals surface area contributed by atoms with Gasteiger partial charge in [-0.25, -0.2) is 0 Å². The molecule has 0 aliphatic rings. The molecule has 0 saturated carbocycles. The van der Waals surface area contributed by atoms with Crippen LogP contribution >= 0.6 is 0 Å². The van der Waals surface area contributed by atoms with Gasteiger partial charge in [-0.05, 0) is 44.9 Å². The van der Waals surface area contributed by atoms with E-state index < -0.39 is 6.10 Å². The summed E-state index contributed by atoms with van der Waals surface area (Å²) in [6.07, 6.45) is 61.6. The number of carbonyl (C=O) groups excluding carboxylic acids is 3. The standard InChI is InChI=1S/C58H110O6/c1-4-7-10-13-15-17-18-19-20-21-22-23-24-25-26-27-28-29-30-31-32-33-34-35-36-37-38-39-40-41-43-45-48-51-57(60)63-54-55(53-62-56(59)50-47-44-12-9-6-3)64-58(61)52-49-46-42-16-14-11-8-5-2/h21-22,55H,4-20,23-54H2,1-3H3/b22-21-. The van der Waals surface area contributed by atoms with E-state index >= 15 is 0 Å². The van der Waals surface area contributed by atoms with E-state index in [1.165, 1.54) is 218 Å². The summed E-state index contributed by atoms with van der Waals surface area (Å²) in [6.45, 7) is 6.56. The number of rotatable bonds is 53. The summed E-state index contributed by atoms with van der Waals surface area (Å²) < 4.78 is 16.6. The maximum absolute atomic E-state index is 12.6. The van der Waals surface area contributed by atoms with Crippen LogP contribution in [0.25, 0.3) is 0 Å². The average Bonchev–Trinajstić information content (AvgIpc) is 3.29. The summed E-state index contributed by atoms with van der Waals surface area (Å²) >= 11 is 0.